The topological polar surface area (TPSA) is 17.1 Å². The Hall–Kier alpha value is -1.41. The van der Waals surface area contributed by atoms with E-state index in [0.717, 1.165) is 11.1 Å². The molecule has 0 aliphatic rings. The summed E-state index contributed by atoms with van der Waals surface area (Å²) < 4.78 is 0. The highest BCUT2D eigenvalue weighted by atomic mass is 32.1. The van der Waals surface area contributed by atoms with Crippen LogP contribution in [0.5, 0.6) is 0 Å². The lowest BCUT2D eigenvalue weighted by atomic mass is 9.95. The maximum Gasteiger partial charge on any atom is 0.168 e. The van der Waals surface area contributed by atoms with Crippen LogP contribution in [0.15, 0.2) is 29.0 Å². The zero-order chi connectivity index (χ0) is 12.4. The van der Waals surface area contributed by atoms with Gasteiger partial charge in [0.15, 0.2) is 5.78 Å². The van der Waals surface area contributed by atoms with Crippen molar-refractivity contribution in [3.8, 4) is 0 Å². The van der Waals surface area contributed by atoms with Crippen LogP contribution in [-0.4, -0.2) is 5.78 Å². The third-order valence-corrected chi connectivity index (χ3v) is 4.00. The molecule has 0 saturated carbocycles. The maximum absolute atomic E-state index is 12.2. The zero-order valence-corrected chi connectivity index (χ0v) is 11.2. The van der Waals surface area contributed by atoms with E-state index in [4.69, 9.17) is 0 Å². The zero-order valence-electron chi connectivity index (χ0n) is 10.4. The summed E-state index contributed by atoms with van der Waals surface area (Å²) in [5.41, 5.74) is 5.53. The molecule has 0 saturated heterocycles. The van der Waals surface area contributed by atoms with E-state index < -0.39 is 0 Å². The summed E-state index contributed by atoms with van der Waals surface area (Å²) in [5, 5.41) is 3.98. The molecule has 1 heterocycles. The molecule has 1 nitrogen and oxygen atoms in total. The van der Waals surface area contributed by atoms with E-state index in [1.807, 2.05) is 23.8 Å². The molecule has 17 heavy (non-hydrogen) atoms. The van der Waals surface area contributed by atoms with Gasteiger partial charge in [-0.1, -0.05) is 18.2 Å². The Balaban J connectivity index is 2.28. The molecule has 0 unspecified atom stereocenters. The molecule has 2 aromatic rings. The van der Waals surface area contributed by atoms with E-state index in [-0.39, 0.29) is 5.78 Å². The van der Waals surface area contributed by atoms with Crippen molar-refractivity contribution >= 4 is 17.1 Å². The fourth-order valence-electron chi connectivity index (χ4n) is 2.03. The fraction of sp³-hybridized carbons (Fsp3) is 0.267. The first-order valence-corrected chi connectivity index (χ1v) is 6.65. The second kappa shape index (κ2) is 4.84. The van der Waals surface area contributed by atoms with Crippen molar-refractivity contribution in [1.82, 2.24) is 0 Å². The van der Waals surface area contributed by atoms with Crippen LogP contribution >= 0.6 is 11.3 Å². The molecule has 0 aliphatic heterocycles. The second-order valence-electron chi connectivity index (χ2n) is 4.44. The Bertz CT molecular complexity index is 532. The lowest BCUT2D eigenvalue weighted by Crippen LogP contribution is -2.06. The summed E-state index contributed by atoms with van der Waals surface area (Å²) >= 11 is 1.59. The van der Waals surface area contributed by atoms with E-state index in [9.17, 15) is 4.79 Å². The average Bonchev–Trinajstić information content (AvgIpc) is 2.70. The van der Waals surface area contributed by atoms with Crippen molar-refractivity contribution in [1.29, 1.82) is 0 Å². The Morgan fingerprint density at radius 3 is 2.24 bits per heavy atom. The Kier molecular flexibility index (Phi) is 3.43. The number of carbonyl (C=O) groups excluding carboxylic acids is 1. The molecule has 1 aromatic carbocycles. The van der Waals surface area contributed by atoms with Crippen LogP contribution in [0.2, 0.25) is 0 Å². The number of Topliss-reactive ketones (excluding diaryl/α,β-unsaturated/α-hetero) is 1. The minimum atomic E-state index is 0.223. The molecule has 0 amide bonds. The van der Waals surface area contributed by atoms with Gasteiger partial charge in [-0.3, -0.25) is 4.79 Å². The number of thiophene rings is 1. The third kappa shape index (κ3) is 2.47. The van der Waals surface area contributed by atoms with Crippen LogP contribution < -0.4 is 0 Å². The van der Waals surface area contributed by atoms with Gasteiger partial charge in [-0.05, 0) is 48.4 Å². The molecule has 0 bridgehead atoms. The van der Waals surface area contributed by atoms with Gasteiger partial charge < -0.3 is 0 Å². The molecular formula is C15H16OS. The third-order valence-electron chi connectivity index (χ3n) is 3.14. The van der Waals surface area contributed by atoms with Gasteiger partial charge in [0.2, 0.25) is 0 Å². The van der Waals surface area contributed by atoms with Crippen molar-refractivity contribution < 1.29 is 4.79 Å². The van der Waals surface area contributed by atoms with Gasteiger partial charge in [-0.2, -0.15) is 11.3 Å². The highest BCUT2D eigenvalue weighted by Gasteiger charge is 2.13. The molecule has 0 fully saturated rings. The lowest BCUT2D eigenvalue weighted by Gasteiger charge is -2.08. The van der Waals surface area contributed by atoms with Gasteiger partial charge in [0.05, 0.1) is 0 Å². The van der Waals surface area contributed by atoms with Gasteiger partial charge in [0.25, 0.3) is 0 Å². The Morgan fingerprint density at radius 2 is 1.71 bits per heavy atom. The van der Waals surface area contributed by atoms with Crippen LogP contribution in [-0.2, 0) is 6.42 Å². The number of hydrogen-bond acceptors (Lipinski definition) is 2. The fourth-order valence-corrected chi connectivity index (χ4v) is 2.88. The van der Waals surface area contributed by atoms with Crippen molar-refractivity contribution in [3.05, 3.63) is 56.8 Å². The van der Waals surface area contributed by atoms with E-state index in [0.29, 0.717) is 6.42 Å². The second-order valence-corrected chi connectivity index (χ2v) is 5.18. The lowest BCUT2D eigenvalue weighted by molar-refractivity contribution is 0.0992. The maximum atomic E-state index is 12.2. The number of ketones is 1. The predicted octanol–water partition coefficient (Wildman–Crippen LogP) is 4.10. The standard InChI is InChI=1S/C15H16OS/c1-10-5-4-6-11(2)13(10)7-15(16)14-9-17-8-12(14)3/h4-6,8-9H,7H2,1-3H3. The van der Waals surface area contributed by atoms with Gasteiger partial charge in [-0.25, -0.2) is 0 Å². The number of carbonyl (C=O) groups is 1. The molecule has 1 aromatic heterocycles. The first-order valence-electron chi connectivity index (χ1n) is 5.70. The summed E-state index contributed by atoms with van der Waals surface area (Å²) in [6.45, 7) is 6.13. The molecule has 2 rings (SSSR count). The molecule has 0 atom stereocenters. The summed E-state index contributed by atoms with van der Waals surface area (Å²) in [7, 11) is 0. The smallest absolute Gasteiger partial charge is 0.168 e. The van der Waals surface area contributed by atoms with Crippen LogP contribution in [0.25, 0.3) is 0 Å². The van der Waals surface area contributed by atoms with Crippen LogP contribution in [0.4, 0.5) is 0 Å². The van der Waals surface area contributed by atoms with Crippen molar-refractivity contribution in [2.75, 3.05) is 0 Å². The predicted molar refractivity (Wildman–Crippen MR) is 73.0 cm³/mol. The number of hydrogen-bond donors (Lipinski definition) is 0. The Morgan fingerprint density at radius 1 is 1.06 bits per heavy atom. The van der Waals surface area contributed by atoms with Gasteiger partial charge in [0, 0.05) is 17.4 Å². The molecule has 0 spiro atoms. The molecule has 0 radical (unpaired) electrons. The largest absolute Gasteiger partial charge is 0.294 e. The SMILES string of the molecule is Cc1cscc1C(=O)Cc1c(C)cccc1C. The summed E-state index contributed by atoms with van der Waals surface area (Å²) in [4.78, 5) is 12.2. The molecular weight excluding hydrogens is 228 g/mol. The normalized spacial score (nSPS) is 10.5. The van der Waals surface area contributed by atoms with Crippen LogP contribution in [0.3, 0.4) is 0 Å². The molecule has 0 N–H and O–H groups in total. The van der Waals surface area contributed by atoms with E-state index in [1.54, 1.807) is 11.3 Å². The molecule has 88 valence electrons. The Labute approximate surface area is 106 Å². The number of benzene rings is 1. The molecule has 0 aliphatic carbocycles. The van der Waals surface area contributed by atoms with Crippen LogP contribution in [0.1, 0.15) is 32.6 Å². The van der Waals surface area contributed by atoms with Crippen LogP contribution in [0, 0.1) is 20.8 Å². The summed E-state index contributed by atoms with van der Waals surface area (Å²) in [6, 6.07) is 6.17. The first kappa shape index (κ1) is 12.1. The average molecular weight is 244 g/mol. The highest BCUT2D eigenvalue weighted by Crippen LogP contribution is 2.19. The summed E-state index contributed by atoms with van der Waals surface area (Å²) in [5.74, 6) is 0.223. The minimum absolute atomic E-state index is 0.223. The van der Waals surface area contributed by atoms with Crippen molar-refractivity contribution in [3.63, 3.8) is 0 Å². The van der Waals surface area contributed by atoms with E-state index in [1.165, 1.54) is 16.7 Å². The van der Waals surface area contributed by atoms with E-state index >= 15 is 0 Å². The van der Waals surface area contributed by atoms with E-state index in [2.05, 4.69) is 26.0 Å². The highest BCUT2D eigenvalue weighted by molar-refractivity contribution is 7.08. The number of aryl methyl sites for hydroxylation is 3. The minimum Gasteiger partial charge on any atom is -0.294 e. The van der Waals surface area contributed by atoms with Gasteiger partial charge in [-0.15, -0.1) is 0 Å². The van der Waals surface area contributed by atoms with Gasteiger partial charge >= 0.3 is 0 Å². The first-order chi connectivity index (χ1) is 8.09. The van der Waals surface area contributed by atoms with Gasteiger partial charge in [0.1, 0.15) is 0 Å². The monoisotopic (exact) mass is 244 g/mol. The molecule has 2 heteroatoms. The van der Waals surface area contributed by atoms with Crippen molar-refractivity contribution in [2.45, 2.75) is 27.2 Å². The van der Waals surface area contributed by atoms with Crippen molar-refractivity contribution in [2.24, 2.45) is 0 Å². The quantitative estimate of drug-likeness (QED) is 0.743. The summed E-state index contributed by atoms with van der Waals surface area (Å²) in [6.07, 6.45) is 0.510. The number of rotatable bonds is 3.